The summed E-state index contributed by atoms with van der Waals surface area (Å²) < 4.78 is 5.11. The van der Waals surface area contributed by atoms with Crippen LogP contribution in [0.2, 0.25) is 0 Å². The van der Waals surface area contributed by atoms with Gasteiger partial charge in [-0.25, -0.2) is 9.78 Å². The van der Waals surface area contributed by atoms with Crippen molar-refractivity contribution in [2.24, 2.45) is 0 Å². The fourth-order valence-corrected chi connectivity index (χ4v) is 3.39. The minimum atomic E-state index is -0.361. The van der Waals surface area contributed by atoms with Crippen LogP contribution >= 0.6 is 11.8 Å². The van der Waals surface area contributed by atoms with Crippen LogP contribution in [0.1, 0.15) is 31.1 Å². The Bertz CT molecular complexity index is 495. The fraction of sp³-hybridized carbons (Fsp3) is 0.571. The summed E-state index contributed by atoms with van der Waals surface area (Å²) in [6.45, 7) is 7.36. The normalized spacial score (nSPS) is 22.6. The molecule has 0 aromatic carbocycles. The summed E-state index contributed by atoms with van der Waals surface area (Å²) in [5.74, 6) is 1.34. The molecule has 20 heavy (non-hydrogen) atoms. The number of rotatable bonds is 3. The van der Waals surface area contributed by atoms with Crippen LogP contribution in [0.3, 0.4) is 0 Å². The number of nitrogens with zero attached hydrogens (tertiary/aromatic N) is 2. The summed E-state index contributed by atoms with van der Waals surface area (Å²) in [7, 11) is 0. The topological polar surface area (TPSA) is 68.5 Å². The van der Waals surface area contributed by atoms with Gasteiger partial charge in [-0.05, 0) is 19.9 Å². The summed E-state index contributed by atoms with van der Waals surface area (Å²) in [6, 6.07) is 1.97. The lowest BCUT2D eigenvalue weighted by molar-refractivity contribution is 0.0526. The molecule has 0 amide bonds. The van der Waals surface area contributed by atoms with Crippen LogP contribution in [0.25, 0.3) is 0 Å². The molecule has 2 atom stereocenters. The van der Waals surface area contributed by atoms with Crippen molar-refractivity contribution >= 4 is 29.2 Å². The predicted octanol–water partition coefficient (Wildman–Crippen LogP) is 2.17. The number of pyridine rings is 1. The first-order valence-electron chi connectivity index (χ1n) is 6.85. The van der Waals surface area contributed by atoms with Crippen LogP contribution in [0.5, 0.6) is 0 Å². The summed E-state index contributed by atoms with van der Waals surface area (Å²) in [6.07, 6.45) is 1.59. The quantitative estimate of drug-likeness (QED) is 0.862. The van der Waals surface area contributed by atoms with Crippen molar-refractivity contribution in [1.29, 1.82) is 0 Å². The number of ether oxygens (including phenoxy) is 1. The second-order valence-corrected chi connectivity index (χ2v) is 6.36. The standard InChI is InChI=1S/C14H21N3O2S/c1-4-19-14(18)12-7-11(15)8-16-13(12)17-5-6-20-10(3)9(17)2/h7-10H,4-6,15H2,1-3H3. The molecule has 2 N–H and O–H groups in total. The Hall–Kier alpha value is -1.43. The Morgan fingerprint density at radius 1 is 1.60 bits per heavy atom. The van der Waals surface area contributed by atoms with Gasteiger partial charge < -0.3 is 15.4 Å². The molecule has 2 heterocycles. The largest absolute Gasteiger partial charge is 0.462 e. The molecular formula is C14H21N3O2S. The van der Waals surface area contributed by atoms with Gasteiger partial charge in [0.2, 0.25) is 0 Å². The molecular weight excluding hydrogens is 274 g/mol. The zero-order valence-electron chi connectivity index (χ0n) is 12.1. The summed E-state index contributed by atoms with van der Waals surface area (Å²) in [5, 5.41) is 0.498. The van der Waals surface area contributed by atoms with Crippen molar-refractivity contribution in [1.82, 2.24) is 4.98 Å². The monoisotopic (exact) mass is 295 g/mol. The number of hydrogen-bond acceptors (Lipinski definition) is 6. The van der Waals surface area contributed by atoms with Crippen molar-refractivity contribution < 1.29 is 9.53 Å². The number of anilines is 2. The Balaban J connectivity index is 2.37. The number of thioether (sulfide) groups is 1. The molecule has 110 valence electrons. The number of esters is 1. The van der Waals surface area contributed by atoms with E-state index in [2.05, 4.69) is 23.7 Å². The van der Waals surface area contributed by atoms with Crippen LogP contribution < -0.4 is 10.6 Å². The lowest BCUT2D eigenvalue weighted by Crippen LogP contribution is -2.45. The summed E-state index contributed by atoms with van der Waals surface area (Å²) >= 11 is 1.94. The van der Waals surface area contributed by atoms with Gasteiger partial charge in [0.1, 0.15) is 11.4 Å². The molecule has 1 fully saturated rings. The molecule has 1 aliphatic heterocycles. The number of hydrogen-bond donors (Lipinski definition) is 1. The lowest BCUT2D eigenvalue weighted by Gasteiger charge is -2.39. The third kappa shape index (κ3) is 3.00. The minimum Gasteiger partial charge on any atom is -0.462 e. The second-order valence-electron chi connectivity index (χ2n) is 4.87. The Morgan fingerprint density at radius 3 is 3.05 bits per heavy atom. The maximum atomic E-state index is 12.1. The van der Waals surface area contributed by atoms with E-state index in [0.717, 1.165) is 12.3 Å². The highest BCUT2D eigenvalue weighted by atomic mass is 32.2. The molecule has 0 spiro atoms. The molecule has 1 aromatic heterocycles. The van der Waals surface area contributed by atoms with E-state index in [4.69, 9.17) is 10.5 Å². The first-order chi connectivity index (χ1) is 9.54. The van der Waals surface area contributed by atoms with Crippen LogP contribution in [-0.4, -0.2) is 41.1 Å². The molecule has 1 aliphatic rings. The third-order valence-corrected chi connectivity index (χ3v) is 4.88. The maximum absolute atomic E-state index is 12.1. The van der Waals surface area contributed by atoms with Gasteiger partial charge >= 0.3 is 5.97 Å². The predicted molar refractivity (Wildman–Crippen MR) is 83.3 cm³/mol. The SMILES string of the molecule is CCOC(=O)c1cc(N)cnc1N1CCSC(C)C1C. The molecule has 2 unspecified atom stereocenters. The van der Waals surface area contributed by atoms with E-state index in [0.29, 0.717) is 35.0 Å². The highest BCUT2D eigenvalue weighted by Gasteiger charge is 2.29. The number of aromatic nitrogens is 1. The molecule has 2 rings (SSSR count). The lowest BCUT2D eigenvalue weighted by atomic mass is 10.1. The number of nitrogen functional groups attached to an aromatic ring is 1. The zero-order chi connectivity index (χ0) is 14.7. The molecule has 0 aliphatic carbocycles. The van der Waals surface area contributed by atoms with E-state index in [1.54, 1.807) is 19.2 Å². The summed E-state index contributed by atoms with van der Waals surface area (Å²) in [5.41, 5.74) is 6.69. The smallest absolute Gasteiger partial charge is 0.341 e. The number of carbonyl (C=O) groups excluding carboxylic acids is 1. The maximum Gasteiger partial charge on any atom is 0.341 e. The average molecular weight is 295 g/mol. The van der Waals surface area contributed by atoms with Crippen molar-refractivity contribution in [3.05, 3.63) is 17.8 Å². The van der Waals surface area contributed by atoms with Gasteiger partial charge in [0, 0.05) is 23.6 Å². The fourth-order valence-electron chi connectivity index (χ4n) is 2.29. The van der Waals surface area contributed by atoms with Crippen molar-refractivity contribution in [3.63, 3.8) is 0 Å². The van der Waals surface area contributed by atoms with Crippen LogP contribution in [0.4, 0.5) is 11.5 Å². The molecule has 0 bridgehead atoms. The van der Waals surface area contributed by atoms with Crippen LogP contribution in [-0.2, 0) is 4.74 Å². The van der Waals surface area contributed by atoms with E-state index in [-0.39, 0.29) is 5.97 Å². The van der Waals surface area contributed by atoms with Crippen LogP contribution in [0, 0.1) is 0 Å². The summed E-state index contributed by atoms with van der Waals surface area (Å²) in [4.78, 5) is 18.7. The van der Waals surface area contributed by atoms with Crippen molar-refractivity contribution in [2.45, 2.75) is 32.1 Å². The minimum absolute atomic E-state index is 0.318. The molecule has 6 heteroatoms. The molecule has 1 aromatic rings. The van der Waals surface area contributed by atoms with E-state index in [1.165, 1.54) is 0 Å². The zero-order valence-corrected chi connectivity index (χ0v) is 12.9. The van der Waals surface area contributed by atoms with E-state index in [1.807, 2.05) is 11.8 Å². The van der Waals surface area contributed by atoms with Gasteiger partial charge in [-0.15, -0.1) is 0 Å². The Labute approximate surface area is 123 Å². The first kappa shape index (κ1) is 15.0. The van der Waals surface area contributed by atoms with E-state index < -0.39 is 0 Å². The molecule has 0 radical (unpaired) electrons. The second kappa shape index (κ2) is 6.35. The first-order valence-corrected chi connectivity index (χ1v) is 7.90. The number of carbonyl (C=O) groups is 1. The van der Waals surface area contributed by atoms with Gasteiger partial charge in [-0.2, -0.15) is 11.8 Å². The molecule has 5 nitrogen and oxygen atoms in total. The third-order valence-electron chi connectivity index (χ3n) is 3.54. The van der Waals surface area contributed by atoms with Gasteiger partial charge in [-0.3, -0.25) is 0 Å². The highest BCUT2D eigenvalue weighted by Crippen LogP contribution is 2.30. The van der Waals surface area contributed by atoms with E-state index in [9.17, 15) is 4.79 Å². The average Bonchev–Trinajstić information content (AvgIpc) is 2.42. The van der Waals surface area contributed by atoms with Crippen molar-refractivity contribution in [2.75, 3.05) is 29.5 Å². The Kier molecular flexibility index (Phi) is 4.75. The highest BCUT2D eigenvalue weighted by molar-refractivity contribution is 8.00. The van der Waals surface area contributed by atoms with Crippen molar-refractivity contribution in [3.8, 4) is 0 Å². The van der Waals surface area contributed by atoms with Gasteiger partial charge in [-0.1, -0.05) is 6.92 Å². The Morgan fingerprint density at radius 2 is 2.35 bits per heavy atom. The number of nitrogens with two attached hydrogens (primary N) is 1. The van der Waals surface area contributed by atoms with Gasteiger partial charge in [0.25, 0.3) is 0 Å². The van der Waals surface area contributed by atoms with Gasteiger partial charge in [0.15, 0.2) is 0 Å². The van der Waals surface area contributed by atoms with Gasteiger partial charge in [0.05, 0.1) is 18.5 Å². The molecule has 0 saturated carbocycles. The van der Waals surface area contributed by atoms with E-state index >= 15 is 0 Å². The molecule has 1 saturated heterocycles. The van der Waals surface area contributed by atoms with Crippen LogP contribution in [0.15, 0.2) is 12.3 Å².